The van der Waals surface area contributed by atoms with Gasteiger partial charge >= 0.3 is 0 Å². The second kappa shape index (κ2) is 12.0. The second-order valence-electron chi connectivity index (χ2n) is 7.82. The molecular weight excluding hydrogens is 462 g/mol. The van der Waals surface area contributed by atoms with Crippen molar-refractivity contribution in [2.75, 3.05) is 33.8 Å². The minimum atomic E-state index is -0.409. The van der Waals surface area contributed by atoms with E-state index in [1.54, 1.807) is 19.2 Å². The van der Waals surface area contributed by atoms with Gasteiger partial charge in [-0.15, -0.1) is 0 Å². The molecule has 1 aromatic heterocycles. The molecule has 1 heterocycles. The van der Waals surface area contributed by atoms with Crippen LogP contribution < -0.4 is 29.6 Å². The van der Waals surface area contributed by atoms with Crippen LogP contribution in [0.5, 0.6) is 23.0 Å². The van der Waals surface area contributed by atoms with Gasteiger partial charge in [-0.1, -0.05) is 12.1 Å². The molecule has 0 spiro atoms. The molecule has 0 aliphatic rings. The van der Waals surface area contributed by atoms with Gasteiger partial charge in [0.1, 0.15) is 5.75 Å². The van der Waals surface area contributed by atoms with Crippen molar-refractivity contribution >= 4 is 17.6 Å². The van der Waals surface area contributed by atoms with Gasteiger partial charge in [0.15, 0.2) is 11.5 Å². The summed E-state index contributed by atoms with van der Waals surface area (Å²) in [7, 11) is 6.08. The fraction of sp³-hybridized carbons (Fsp3) is 0.346. The van der Waals surface area contributed by atoms with Crippen LogP contribution in [0.1, 0.15) is 34.2 Å². The van der Waals surface area contributed by atoms with Crippen molar-refractivity contribution in [1.82, 2.24) is 15.1 Å². The Labute approximate surface area is 211 Å². The first-order valence-electron chi connectivity index (χ1n) is 11.4. The van der Waals surface area contributed by atoms with Crippen LogP contribution in [0.4, 0.5) is 5.69 Å². The number of nitrogens with one attached hydrogen (secondary N) is 2. The van der Waals surface area contributed by atoms with E-state index in [1.807, 2.05) is 49.7 Å². The number of aromatic nitrogens is 2. The fourth-order valence-electron chi connectivity index (χ4n) is 3.81. The van der Waals surface area contributed by atoms with Crippen molar-refractivity contribution in [1.29, 1.82) is 0 Å². The molecule has 0 saturated heterocycles. The van der Waals surface area contributed by atoms with Crippen LogP contribution in [0.15, 0.2) is 41.4 Å². The summed E-state index contributed by atoms with van der Waals surface area (Å²) in [5.74, 6) is 1.59. The highest BCUT2D eigenvalue weighted by Crippen LogP contribution is 2.38. The number of anilines is 1. The molecule has 3 rings (SSSR count). The number of carbonyl (C=O) groups excluding carboxylic acids is 1. The summed E-state index contributed by atoms with van der Waals surface area (Å²) in [6.07, 6.45) is 0. The normalized spacial score (nSPS) is 11.1. The van der Waals surface area contributed by atoms with Crippen LogP contribution in [0.2, 0.25) is 0 Å². The number of benzene rings is 2. The van der Waals surface area contributed by atoms with E-state index in [2.05, 4.69) is 15.7 Å². The third-order valence-electron chi connectivity index (χ3n) is 5.75. The molecule has 10 nitrogen and oxygen atoms in total. The van der Waals surface area contributed by atoms with Crippen molar-refractivity contribution in [2.24, 2.45) is 4.99 Å². The van der Waals surface area contributed by atoms with E-state index in [0.717, 1.165) is 23.5 Å². The lowest BCUT2D eigenvalue weighted by atomic mass is 10.1. The number of guanidine groups is 1. The Morgan fingerprint density at radius 1 is 0.972 bits per heavy atom. The quantitative estimate of drug-likeness (QED) is 0.342. The number of para-hydroxylation sites is 2. The van der Waals surface area contributed by atoms with Gasteiger partial charge in [0.05, 0.1) is 46.4 Å². The van der Waals surface area contributed by atoms with Crippen LogP contribution in [-0.2, 0) is 13.1 Å². The van der Waals surface area contributed by atoms with Gasteiger partial charge in [-0.05, 0) is 45.0 Å². The summed E-state index contributed by atoms with van der Waals surface area (Å²) < 4.78 is 23.5. The van der Waals surface area contributed by atoms with E-state index in [9.17, 15) is 4.79 Å². The van der Waals surface area contributed by atoms with Gasteiger partial charge in [0.25, 0.3) is 5.91 Å². The number of nitrogens with zero attached hydrogens (tertiary/aromatic N) is 3. The van der Waals surface area contributed by atoms with Crippen LogP contribution >= 0.6 is 0 Å². The molecule has 10 heteroatoms. The summed E-state index contributed by atoms with van der Waals surface area (Å²) in [5, 5.41) is 10.6. The molecule has 2 aromatic carbocycles. The van der Waals surface area contributed by atoms with Crippen LogP contribution in [0, 0.1) is 13.8 Å². The smallest absolute Gasteiger partial charge is 0.258 e. The molecule has 36 heavy (non-hydrogen) atoms. The lowest BCUT2D eigenvalue weighted by molar-refractivity contribution is 0.0976. The van der Waals surface area contributed by atoms with Crippen molar-refractivity contribution in [2.45, 2.75) is 33.9 Å². The first kappa shape index (κ1) is 26.4. The van der Waals surface area contributed by atoms with Crippen LogP contribution in [0.3, 0.4) is 0 Å². The van der Waals surface area contributed by atoms with E-state index in [-0.39, 0.29) is 5.96 Å². The third kappa shape index (κ3) is 5.70. The summed E-state index contributed by atoms with van der Waals surface area (Å²) >= 11 is 0. The predicted octanol–water partition coefficient (Wildman–Crippen LogP) is 3.95. The van der Waals surface area contributed by atoms with Crippen LogP contribution in [0.25, 0.3) is 0 Å². The standard InChI is InChI=1S/C26H33N5O5/c1-8-31-17(3)19(16(2)30-31)15-27-26(28-20-11-9-10-12-21(20)33-4)29-25(32)18-13-22(34-5)24(36-7)23(14-18)35-6/h9-14H,8,15H2,1-7H3,(H2,27,28,29,32). The highest BCUT2D eigenvalue weighted by atomic mass is 16.5. The van der Waals surface area contributed by atoms with E-state index in [1.165, 1.54) is 21.3 Å². The number of aliphatic imine (C=N–C) groups is 1. The third-order valence-corrected chi connectivity index (χ3v) is 5.75. The average molecular weight is 496 g/mol. The van der Waals surface area contributed by atoms with Gasteiger partial charge in [-0.3, -0.25) is 14.8 Å². The Hall–Kier alpha value is -4.21. The SMILES string of the molecule is CCn1nc(C)c(CN=C(NC(=O)c2cc(OC)c(OC)c(OC)c2)Nc2ccccc2OC)c1C. The molecule has 192 valence electrons. The molecule has 2 N–H and O–H groups in total. The number of aryl methyl sites for hydroxylation is 2. The zero-order valence-electron chi connectivity index (χ0n) is 21.8. The Kier molecular flexibility index (Phi) is 8.77. The molecule has 0 aliphatic carbocycles. The van der Waals surface area contributed by atoms with Gasteiger partial charge in [-0.2, -0.15) is 5.10 Å². The molecule has 0 bridgehead atoms. The summed E-state index contributed by atoms with van der Waals surface area (Å²) in [6, 6.07) is 10.5. The molecule has 0 radical (unpaired) electrons. The first-order valence-corrected chi connectivity index (χ1v) is 11.4. The highest BCUT2D eigenvalue weighted by molar-refractivity contribution is 6.10. The van der Waals surface area contributed by atoms with E-state index in [0.29, 0.717) is 40.8 Å². The maximum absolute atomic E-state index is 13.3. The fourth-order valence-corrected chi connectivity index (χ4v) is 3.81. The molecule has 0 atom stereocenters. The molecule has 0 aliphatic heterocycles. The first-order chi connectivity index (χ1) is 17.4. The van der Waals surface area contributed by atoms with Crippen molar-refractivity contribution in [3.8, 4) is 23.0 Å². The van der Waals surface area contributed by atoms with Gasteiger partial charge in [-0.25, -0.2) is 4.99 Å². The molecule has 0 saturated carbocycles. The Morgan fingerprint density at radius 3 is 2.17 bits per heavy atom. The van der Waals surface area contributed by atoms with Crippen molar-refractivity contribution < 1.29 is 23.7 Å². The van der Waals surface area contributed by atoms with Gasteiger partial charge in [0, 0.05) is 23.4 Å². The zero-order valence-corrected chi connectivity index (χ0v) is 21.8. The Morgan fingerprint density at radius 2 is 1.61 bits per heavy atom. The van der Waals surface area contributed by atoms with Gasteiger partial charge < -0.3 is 24.3 Å². The number of carbonyl (C=O) groups is 1. The number of amides is 1. The lowest BCUT2D eigenvalue weighted by Crippen LogP contribution is -2.36. The van der Waals surface area contributed by atoms with Crippen molar-refractivity contribution in [3.63, 3.8) is 0 Å². The zero-order chi connectivity index (χ0) is 26.2. The van der Waals surface area contributed by atoms with Crippen LogP contribution in [-0.4, -0.2) is 50.1 Å². The number of rotatable bonds is 9. The highest BCUT2D eigenvalue weighted by Gasteiger charge is 2.19. The van der Waals surface area contributed by atoms with Gasteiger partial charge in [0.2, 0.25) is 11.7 Å². The maximum atomic E-state index is 13.3. The van der Waals surface area contributed by atoms with E-state index < -0.39 is 5.91 Å². The topological polar surface area (TPSA) is 108 Å². The minimum Gasteiger partial charge on any atom is -0.495 e. The molecule has 1 amide bonds. The molecule has 3 aromatic rings. The molecular formula is C26H33N5O5. The monoisotopic (exact) mass is 495 g/mol. The molecule has 0 unspecified atom stereocenters. The Bertz CT molecular complexity index is 1230. The summed E-state index contributed by atoms with van der Waals surface area (Å²) in [6.45, 7) is 7.09. The summed E-state index contributed by atoms with van der Waals surface area (Å²) in [5.41, 5.74) is 3.89. The number of hydrogen-bond acceptors (Lipinski definition) is 7. The Balaban J connectivity index is 1.97. The maximum Gasteiger partial charge on any atom is 0.258 e. The number of methoxy groups -OCH3 is 4. The second-order valence-corrected chi connectivity index (χ2v) is 7.82. The lowest BCUT2D eigenvalue weighted by Gasteiger charge is -2.16. The largest absolute Gasteiger partial charge is 0.495 e. The summed E-state index contributed by atoms with van der Waals surface area (Å²) in [4.78, 5) is 18.0. The molecule has 0 fully saturated rings. The number of ether oxygens (including phenoxy) is 4. The minimum absolute atomic E-state index is 0.251. The van der Waals surface area contributed by atoms with E-state index in [4.69, 9.17) is 23.9 Å². The van der Waals surface area contributed by atoms with E-state index >= 15 is 0 Å². The van der Waals surface area contributed by atoms with Crippen molar-refractivity contribution in [3.05, 3.63) is 58.9 Å². The number of hydrogen-bond donors (Lipinski definition) is 2. The average Bonchev–Trinajstić information content (AvgIpc) is 3.18. The predicted molar refractivity (Wildman–Crippen MR) is 139 cm³/mol.